The first-order valence-corrected chi connectivity index (χ1v) is 7.19. The van der Waals surface area contributed by atoms with Crippen molar-refractivity contribution in [2.75, 3.05) is 5.32 Å². The monoisotopic (exact) mass is 384 g/mol. The van der Waals surface area contributed by atoms with Crippen LogP contribution in [0.4, 0.5) is 10.1 Å². The maximum Gasteiger partial charge on any atom is 0.241 e. The minimum Gasteiger partial charge on any atom is -0.324 e. The fourth-order valence-electron chi connectivity index (χ4n) is 1.78. The van der Waals surface area contributed by atoms with Crippen LogP contribution in [0.1, 0.15) is 5.56 Å². The van der Waals surface area contributed by atoms with Crippen molar-refractivity contribution in [1.29, 1.82) is 0 Å². The predicted octanol–water partition coefficient (Wildman–Crippen LogP) is 2.94. The quantitative estimate of drug-likeness (QED) is 0.797. The number of amides is 1. The van der Waals surface area contributed by atoms with E-state index in [1.54, 1.807) is 0 Å². The molecule has 3 nitrogen and oxygen atoms in total. The number of carbonyl (C=O) groups is 1. The van der Waals surface area contributed by atoms with Gasteiger partial charge in [-0.2, -0.15) is 0 Å². The highest BCUT2D eigenvalue weighted by Crippen LogP contribution is 2.19. The number of carbonyl (C=O) groups excluding carboxylic acids is 1. The second-order valence-electron chi connectivity index (χ2n) is 4.41. The number of hydrogen-bond donors (Lipinski definition) is 2. The van der Waals surface area contributed by atoms with Gasteiger partial charge in [0.25, 0.3) is 0 Å². The molecule has 0 aliphatic heterocycles. The number of nitrogens with two attached hydrogens (primary N) is 1. The zero-order valence-corrected chi connectivity index (χ0v) is 12.8. The Kier molecular flexibility index (Phi) is 5.08. The third kappa shape index (κ3) is 4.01. The van der Waals surface area contributed by atoms with Crippen LogP contribution in [0.5, 0.6) is 0 Å². The summed E-state index contributed by atoms with van der Waals surface area (Å²) in [6, 6.07) is 13.1. The van der Waals surface area contributed by atoms with Gasteiger partial charge in [-0.15, -0.1) is 0 Å². The summed E-state index contributed by atoms with van der Waals surface area (Å²) in [5.74, 6) is -0.612. The van der Waals surface area contributed by atoms with Crippen LogP contribution in [0.2, 0.25) is 0 Å². The van der Waals surface area contributed by atoms with E-state index in [9.17, 15) is 9.18 Å². The molecular formula is C15H14FIN2O. The number of hydrogen-bond acceptors (Lipinski definition) is 2. The van der Waals surface area contributed by atoms with Gasteiger partial charge in [0.05, 0.1) is 11.7 Å². The van der Waals surface area contributed by atoms with Crippen molar-refractivity contribution in [3.63, 3.8) is 0 Å². The molecule has 5 heteroatoms. The third-order valence-electron chi connectivity index (χ3n) is 2.82. The average molecular weight is 384 g/mol. The summed E-state index contributed by atoms with van der Waals surface area (Å²) in [5, 5.41) is 2.72. The van der Waals surface area contributed by atoms with E-state index >= 15 is 0 Å². The molecule has 0 saturated heterocycles. The summed E-state index contributed by atoms with van der Waals surface area (Å²) in [5.41, 5.74) is 7.46. The van der Waals surface area contributed by atoms with Crippen molar-refractivity contribution in [1.82, 2.24) is 0 Å². The summed E-state index contributed by atoms with van der Waals surface area (Å²) in [6.45, 7) is 0. The largest absolute Gasteiger partial charge is 0.324 e. The number of anilines is 1. The molecule has 0 aromatic heterocycles. The molecule has 1 amide bonds. The SMILES string of the molecule is NC(Cc1ccccc1)C(=O)Nc1ccc(F)cc1I. The first-order chi connectivity index (χ1) is 9.56. The molecule has 0 spiro atoms. The Morgan fingerprint density at radius 1 is 1.25 bits per heavy atom. The van der Waals surface area contributed by atoms with Gasteiger partial charge in [0, 0.05) is 3.57 Å². The molecule has 104 valence electrons. The maximum absolute atomic E-state index is 13.0. The molecule has 0 saturated carbocycles. The van der Waals surface area contributed by atoms with E-state index in [-0.39, 0.29) is 11.7 Å². The molecule has 1 unspecified atom stereocenters. The van der Waals surface area contributed by atoms with Gasteiger partial charge in [-0.1, -0.05) is 30.3 Å². The van der Waals surface area contributed by atoms with Crippen LogP contribution in [0.25, 0.3) is 0 Å². The Morgan fingerprint density at radius 3 is 2.60 bits per heavy atom. The Morgan fingerprint density at radius 2 is 1.95 bits per heavy atom. The average Bonchev–Trinajstić information content (AvgIpc) is 2.43. The van der Waals surface area contributed by atoms with Crippen LogP contribution in [-0.4, -0.2) is 11.9 Å². The topological polar surface area (TPSA) is 55.1 Å². The molecule has 0 aliphatic carbocycles. The molecule has 0 fully saturated rings. The van der Waals surface area contributed by atoms with Crippen molar-refractivity contribution >= 4 is 34.2 Å². The van der Waals surface area contributed by atoms with Crippen molar-refractivity contribution in [2.24, 2.45) is 5.73 Å². The van der Waals surface area contributed by atoms with Gasteiger partial charge in [-0.05, 0) is 52.8 Å². The summed E-state index contributed by atoms with van der Waals surface area (Å²) in [7, 11) is 0. The molecule has 3 N–H and O–H groups in total. The normalized spacial score (nSPS) is 11.9. The molecule has 1 atom stereocenters. The van der Waals surface area contributed by atoms with Crippen LogP contribution in [0, 0.1) is 9.39 Å². The van der Waals surface area contributed by atoms with Gasteiger partial charge >= 0.3 is 0 Å². The second-order valence-corrected chi connectivity index (χ2v) is 5.57. The Labute approximate surface area is 130 Å². The van der Waals surface area contributed by atoms with Gasteiger partial charge in [0.15, 0.2) is 0 Å². The molecule has 2 aromatic rings. The summed E-state index contributed by atoms with van der Waals surface area (Å²) in [4.78, 5) is 12.0. The number of rotatable bonds is 4. The van der Waals surface area contributed by atoms with E-state index in [1.807, 2.05) is 52.9 Å². The summed E-state index contributed by atoms with van der Waals surface area (Å²) >= 11 is 1.97. The van der Waals surface area contributed by atoms with Crippen molar-refractivity contribution in [2.45, 2.75) is 12.5 Å². The molecule has 0 bridgehead atoms. The van der Waals surface area contributed by atoms with Crippen molar-refractivity contribution in [3.05, 3.63) is 63.5 Å². The molecular weight excluding hydrogens is 370 g/mol. The number of nitrogens with one attached hydrogen (secondary N) is 1. The van der Waals surface area contributed by atoms with E-state index in [0.29, 0.717) is 15.7 Å². The lowest BCUT2D eigenvalue weighted by Crippen LogP contribution is -2.37. The van der Waals surface area contributed by atoms with Crippen molar-refractivity contribution in [3.8, 4) is 0 Å². The van der Waals surface area contributed by atoms with Crippen LogP contribution in [-0.2, 0) is 11.2 Å². The van der Waals surface area contributed by atoms with Crippen LogP contribution < -0.4 is 11.1 Å². The minimum absolute atomic E-state index is 0.279. The summed E-state index contributed by atoms with van der Waals surface area (Å²) < 4.78 is 13.6. The van der Waals surface area contributed by atoms with E-state index < -0.39 is 6.04 Å². The van der Waals surface area contributed by atoms with E-state index in [0.717, 1.165) is 5.56 Å². The first-order valence-electron chi connectivity index (χ1n) is 6.11. The lowest BCUT2D eigenvalue weighted by atomic mass is 10.1. The molecule has 2 rings (SSSR count). The maximum atomic E-state index is 13.0. The Hall–Kier alpha value is -1.47. The lowest BCUT2D eigenvalue weighted by molar-refractivity contribution is -0.117. The zero-order chi connectivity index (χ0) is 14.5. The molecule has 2 aromatic carbocycles. The standard InChI is InChI=1S/C15H14FIN2O/c16-11-6-7-14(12(17)9-11)19-15(20)13(18)8-10-4-2-1-3-5-10/h1-7,9,13H,8,18H2,(H,19,20). The van der Waals surface area contributed by atoms with Gasteiger partial charge in [0.2, 0.25) is 5.91 Å². The highest BCUT2D eigenvalue weighted by atomic mass is 127. The van der Waals surface area contributed by atoms with Gasteiger partial charge in [-0.25, -0.2) is 4.39 Å². The number of benzene rings is 2. The molecule has 0 aliphatic rings. The Bertz CT molecular complexity index is 604. The van der Waals surface area contributed by atoms with E-state index in [4.69, 9.17) is 5.73 Å². The molecule has 20 heavy (non-hydrogen) atoms. The van der Waals surface area contributed by atoms with Crippen LogP contribution in [0.15, 0.2) is 48.5 Å². The highest BCUT2D eigenvalue weighted by Gasteiger charge is 2.15. The lowest BCUT2D eigenvalue weighted by Gasteiger charge is -2.13. The summed E-state index contributed by atoms with van der Waals surface area (Å²) in [6.07, 6.45) is 0.463. The van der Waals surface area contributed by atoms with Crippen LogP contribution in [0.3, 0.4) is 0 Å². The van der Waals surface area contributed by atoms with Gasteiger partial charge < -0.3 is 11.1 Å². The fraction of sp³-hybridized carbons (Fsp3) is 0.133. The van der Waals surface area contributed by atoms with Gasteiger partial charge in [-0.3, -0.25) is 4.79 Å². The minimum atomic E-state index is -0.641. The smallest absolute Gasteiger partial charge is 0.241 e. The molecule has 0 radical (unpaired) electrons. The highest BCUT2D eigenvalue weighted by molar-refractivity contribution is 14.1. The predicted molar refractivity (Wildman–Crippen MR) is 85.9 cm³/mol. The van der Waals surface area contributed by atoms with Gasteiger partial charge in [0.1, 0.15) is 5.82 Å². The third-order valence-corrected chi connectivity index (χ3v) is 3.72. The zero-order valence-electron chi connectivity index (χ0n) is 10.6. The number of halogens is 2. The second kappa shape index (κ2) is 6.81. The van der Waals surface area contributed by atoms with Crippen LogP contribution >= 0.6 is 22.6 Å². The van der Waals surface area contributed by atoms with E-state index in [2.05, 4.69) is 5.32 Å². The molecule has 0 heterocycles. The fourth-order valence-corrected chi connectivity index (χ4v) is 2.39. The van der Waals surface area contributed by atoms with Crippen molar-refractivity contribution < 1.29 is 9.18 Å². The Balaban J connectivity index is 2.01. The van der Waals surface area contributed by atoms with E-state index in [1.165, 1.54) is 18.2 Å². The first kappa shape index (κ1) is 14.9.